The van der Waals surface area contributed by atoms with E-state index in [0.717, 1.165) is 7.11 Å². The Morgan fingerprint density at radius 3 is 2.36 bits per heavy atom. The van der Waals surface area contributed by atoms with Gasteiger partial charge in [0, 0.05) is 7.11 Å². The summed E-state index contributed by atoms with van der Waals surface area (Å²) in [6, 6.07) is 6.09. The fourth-order valence-corrected chi connectivity index (χ4v) is 2.29. The van der Waals surface area contributed by atoms with Gasteiger partial charge in [0.25, 0.3) is 15.9 Å². The minimum absolute atomic E-state index is 0.0648. The quantitative estimate of drug-likeness (QED) is 0.624. The molecule has 1 heterocycles. The number of sulfonamides is 1. The lowest BCUT2D eigenvalue weighted by molar-refractivity contribution is 0.0985. The molecular formula is C8H9NO4S. The Balaban J connectivity index is 0.000000461. The van der Waals surface area contributed by atoms with Crippen molar-refractivity contribution in [3.63, 3.8) is 0 Å². The second kappa shape index (κ2) is 3.77. The fraction of sp³-hybridized carbons (Fsp3) is 0.125. The summed E-state index contributed by atoms with van der Waals surface area (Å²) in [6.45, 7) is 0. The number of aliphatic hydroxyl groups is 1. The van der Waals surface area contributed by atoms with Crippen molar-refractivity contribution in [1.82, 2.24) is 4.72 Å². The zero-order valence-corrected chi connectivity index (χ0v) is 8.21. The molecule has 5 nitrogen and oxygen atoms in total. The van der Waals surface area contributed by atoms with Gasteiger partial charge in [-0.05, 0) is 12.1 Å². The first-order chi connectivity index (χ1) is 6.61. The smallest absolute Gasteiger partial charge is 0.266 e. The van der Waals surface area contributed by atoms with Gasteiger partial charge in [-0.15, -0.1) is 0 Å². The third kappa shape index (κ3) is 1.61. The molecule has 0 radical (unpaired) electrons. The molecule has 0 atom stereocenters. The minimum Gasteiger partial charge on any atom is -0.400 e. The van der Waals surface area contributed by atoms with Crippen molar-refractivity contribution in [3.8, 4) is 0 Å². The van der Waals surface area contributed by atoms with Crippen LogP contribution < -0.4 is 4.72 Å². The first kappa shape index (κ1) is 10.7. The maximum Gasteiger partial charge on any atom is 0.266 e. The monoisotopic (exact) mass is 215 g/mol. The van der Waals surface area contributed by atoms with Crippen molar-refractivity contribution in [2.24, 2.45) is 0 Å². The summed E-state index contributed by atoms with van der Waals surface area (Å²) in [5.74, 6) is -0.550. The number of amides is 1. The Morgan fingerprint density at radius 1 is 1.21 bits per heavy atom. The number of hydrogen-bond donors (Lipinski definition) is 2. The Labute approximate surface area is 81.4 Å². The van der Waals surface area contributed by atoms with E-state index in [1.165, 1.54) is 12.1 Å². The van der Waals surface area contributed by atoms with E-state index in [9.17, 15) is 13.2 Å². The van der Waals surface area contributed by atoms with Crippen LogP contribution in [-0.2, 0) is 10.0 Å². The molecule has 0 spiro atoms. The van der Waals surface area contributed by atoms with Gasteiger partial charge in [-0.2, -0.15) is 0 Å². The molecule has 76 valence electrons. The SMILES string of the molecule is CO.O=C1NS(=O)(=O)c2ccccc21. The normalized spacial score (nSPS) is 16.3. The largest absolute Gasteiger partial charge is 0.400 e. The number of carbonyl (C=O) groups excluding carboxylic acids is 1. The van der Waals surface area contributed by atoms with E-state index < -0.39 is 15.9 Å². The van der Waals surface area contributed by atoms with Gasteiger partial charge in [0.05, 0.1) is 5.56 Å². The van der Waals surface area contributed by atoms with Gasteiger partial charge in [0.1, 0.15) is 4.90 Å². The molecule has 1 aromatic carbocycles. The summed E-state index contributed by atoms with van der Waals surface area (Å²) in [5.41, 5.74) is 0.220. The van der Waals surface area contributed by atoms with E-state index in [1.54, 1.807) is 12.1 Å². The van der Waals surface area contributed by atoms with Crippen molar-refractivity contribution >= 4 is 15.9 Å². The highest BCUT2D eigenvalue weighted by molar-refractivity contribution is 7.90. The van der Waals surface area contributed by atoms with Crippen LogP contribution in [0.3, 0.4) is 0 Å². The van der Waals surface area contributed by atoms with E-state index in [0.29, 0.717) is 0 Å². The van der Waals surface area contributed by atoms with E-state index in [2.05, 4.69) is 0 Å². The molecule has 14 heavy (non-hydrogen) atoms. The maximum atomic E-state index is 11.1. The Kier molecular flexibility index (Phi) is 2.87. The Hall–Kier alpha value is -1.40. The third-order valence-electron chi connectivity index (χ3n) is 1.65. The zero-order valence-electron chi connectivity index (χ0n) is 7.39. The van der Waals surface area contributed by atoms with Crippen LogP contribution in [0.4, 0.5) is 0 Å². The van der Waals surface area contributed by atoms with Crippen molar-refractivity contribution in [2.75, 3.05) is 7.11 Å². The molecule has 2 rings (SSSR count). The summed E-state index contributed by atoms with van der Waals surface area (Å²) >= 11 is 0. The van der Waals surface area contributed by atoms with Crippen molar-refractivity contribution in [3.05, 3.63) is 29.8 Å². The Bertz CT molecular complexity index is 452. The highest BCUT2D eigenvalue weighted by Crippen LogP contribution is 2.20. The van der Waals surface area contributed by atoms with Crippen LogP contribution in [0, 0.1) is 0 Å². The molecule has 6 heteroatoms. The number of hydrogen-bond acceptors (Lipinski definition) is 4. The van der Waals surface area contributed by atoms with Gasteiger partial charge < -0.3 is 5.11 Å². The third-order valence-corrected chi connectivity index (χ3v) is 3.04. The second-order valence-electron chi connectivity index (χ2n) is 2.43. The molecule has 1 aliphatic heterocycles. The summed E-state index contributed by atoms with van der Waals surface area (Å²) < 4.78 is 24.2. The van der Waals surface area contributed by atoms with Crippen LogP contribution in [0.25, 0.3) is 0 Å². The van der Waals surface area contributed by atoms with Gasteiger partial charge in [0.15, 0.2) is 0 Å². The summed E-state index contributed by atoms with van der Waals surface area (Å²) in [6.07, 6.45) is 0. The lowest BCUT2D eigenvalue weighted by Gasteiger charge is -1.91. The Morgan fingerprint density at radius 2 is 1.79 bits per heavy atom. The molecule has 0 bridgehead atoms. The zero-order chi connectivity index (χ0) is 10.8. The standard InChI is InChI=1S/C7H5NO3S.CH4O/c9-7-5-3-1-2-4-6(5)12(10,11)8-7;1-2/h1-4H,(H,8,9);2H,1H3. The summed E-state index contributed by atoms with van der Waals surface area (Å²) in [5, 5.41) is 7.00. The fourth-order valence-electron chi connectivity index (χ4n) is 1.12. The maximum absolute atomic E-state index is 11.1. The van der Waals surface area contributed by atoms with Crippen LogP contribution in [0.15, 0.2) is 29.2 Å². The molecule has 1 aromatic rings. The average Bonchev–Trinajstić information content (AvgIpc) is 2.42. The number of benzene rings is 1. The van der Waals surface area contributed by atoms with Crippen LogP contribution in [0.2, 0.25) is 0 Å². The van der Waals surface area contributed by atoms with Gasteiger partial charge >= 0.3 is 0 Å². The predicted molar refractivity (Wildman–Crippen MR) is 49.2 cm³/mol. The molecule has 0 aromatic heterocycles. The van der Waals surface area contributed by atoms with Crippen LogP contribution >= 0.6 is 0 Å². The van der Waals surface area contributed by atoms with Gasteiger partial charge in [-0.3, -0.25) is 4.79 Å². The number of fused-ring (bicyclic) bond motifs is 1. The summed E-state index contributed by atoms with van der Waals surface area (Å²) in [7, 11) is -2.55. The molecular weight excluding hydrogens is 206 g/mol. The van der Waals surface area contributed by atoms with E-state index in [-0.39, 0.29) is 10.5 Å². The van der Waals surface area contributed by atoms with Crippen molar-refractivity contribution in [1.29, 1.82) is 0 Å². The van der Waals surface area contributed by atoms with Crippen molar-refractivity contribution in [2.45, 2.75) is 4.90 Å². The first-order valence-corrected chi connectivity index (χ1v) is 5.20. The molecule has 0 aliphatic carbocycles. The van der Waals surface area contributed by atoms with E-state index in [4.69, 9.17) is 5.11 Å². The molecule has 1 amide bonds. The molecule has 0 fully saturated rings. The minimum atomic E-state index is -3.55. The second-order valence-corrected chi connectivity index (χ2v) is 4.08. The average molecular weight is 215 g/mol. The number of carbonyl (C=O) groups is 1. The highest BCUT2D eigenvalue weighted by atomic mass is 32.2. The highest BCUT2D eigenvalue weighted by Gasteiger charge is 2.31. The summed E-state index contributed by atoms with van der Waals surface area (Å²) in [4.78, 5) is 11.1. The molecule has 0 saturated carbocycles. The topological polar surface area (TPSA) is 83.5 Å². The predicted octanol–water partition coefficient (Wildman–Crippen LogP) is -0.273. The van der Waals surface area contributed by atoms with E-state index in [1.807, 2.05) is 4.72 Å². The lowest BCUT2D eigenvalue weighted by atomic mass is 10.2. The number of rotatable bonds is 0. The molecule has 0 unspecified atom stereocenters. The van der Waals surface area contributed by atoms with Crippen LogP contribution in [0.1, 0.15) is 10.4 Å². The van der Waals surface area contributed by atoms with Gasteiger partial charge in [0.2, 0.25) is 0 Å². The van der Waals surface area contributed by atoms with E-state index >= 15 is 0 Å². The lowest BCUT2D eigenvalue weighted by Crippen LogP contribution is -2.20. The number of aliphatic hydroxyl groups excluding tert-OH is 1. The van der Waals surface area contributed by atoms with Crippen LogP contribution in [0.5, 0.6) is 0 Å². The van der Waals surface area contributed by atoms with Gasteiger partial charge in [-0.25, -0.2) is 13.1 Å². The molecule has 0 saturated heterocycles. The molecule has 2 N–H and O–H groups in total. The van der Waals surface area contributed by atoms with Crippen LogP contribution in [-0.4, -0.2) is 26.5 Å². The molecule has 1 aliphatic rings. The number of nitrogens with one attached hydrogen (secondary N) is 1. The van der Waals surface area contributed by atoms with Crippen molar-refractivity contribution < 1.29 is 18.3 Å². The first-order valence-electron chi connectivity index (χ1n) is 3.72. The van der Waals surface area contributed by atoms with Gasteiger partial charge in [-0.1, -0.05) is 12.1 Å².